The Morgan fingerprint density at radius 3 is 2.21 bits per heavy atom. The highest BCUT2D eigenvalue weighted by atomic mass is 32.1. The second kappa shape index (κ2) is 8.44. The number of aromatic nitrogens is 2. The fourth-order valence-electron chi connectivity index (χ4n) is 4.12. The van der Waals surface area contributed by atoms with Gasteiger partial charge in [-0.25, -0.2) is 4.98 Å². The average molecular weight is 461 g/mol. The van der Waals surface area contributed by atoms with Crippen LogP contribution in [-0.2, 0) is 0 Å². The molecular weight excluding hydrogens is 436 g/mol. The fourth-order valence-corrected chi connectivity index (χ4v) is 4.95. The molecule has 0 radical (unpaired) electrons. The number of aryl methyl sites for hydroxylation is 3. The molecule has 4 heterocycles. The van der Waals surface area contributed by atoms with Gasteiger partial charge in [0.1, 0.15) is 0 Å². The number of carbonyl (C=O) groups excluding carboxylic acids is 2. The maximum Gasteiger partial charge on any atom is 0.259 e. The summed E-state index contributed by atoms with van der Waals surface area (Å²) in [6.07, 6.45) is 0. The third-order valence-electron chi connectivity index (χ3n) is 5.99. The fraction of sp³-hybridized carbons (Fsp3) is 0.280. The quantitative estimate of drug-likeness (QED) is 0.451. The van der Waals surface area contributed by atoms with E-state index in [9.17, 15) is 9.59 Å². The zero-order chi connectivity index (χ0) is 23.1. The molecule has 33 heavy (non-hydrogen) atoms. The minimum atomic E-state index is -0.0920. The van der Waals surface area contributed by atoms with E-state index in [1.807, 2.05) is 63.2 Å². The normalized spacial score (nSPS) is 14.2. The highest BCUT2D eigenvalue weighted by Crippen LogP contribution is 2.31. The van der Waals surface area contributed by atoms with E-state index in [2.05, 4.69) is 10.1 Å². The molecule has 2 amide bonds. The monoisotopic (exact) mass is 460 g/mol. The second-order valence-corrected chi connectivity index (χ2v) is 9.65. The number of hydrogen-bond acceptors (Lipinski definition) is 6. The number of hydrogen-bond donors (Lipinski definition) is 0. The maximum absolute atomic E-state index is 13.6. The van der Waals surface area contributed by atoms with Crippen LogP contribution in [0.15, 0.2) is 47.0 Å². The van der Waals surface area contributed by atoms with E-state index >= 15 is 0 Å². The van der Waals surface area contributed by atoms with Crippen molar-refractivity contribution in [2.45, 2.75) is 20.8 Å². The van der Waals surface area contributed by atoms with Gasteiger partial charge in [0.15, 0.2) is 0 Å². The van der Waals surface area contributed by atoms with Crippen LogP contribution in [0.25, 0.3) is 21.7 Å². The molecule has 5 rings (SSSR count). The lowest BCUT2D eigenvalue weighted by Crippen LogP contribution is -2.50. The lowest BCUT2D eigenvalue weighted by Gasteiger charge is -2.35. The van der Waals surface area contributed by atoms with Gasteiger partial charge in [0.2, 0.25) is 0 Å². The number of nitrogens with zero attached hydrogens (tertiary/aromatic N) is 4. The van der Waals surface area contributed by atoms with Gasteiger partial charge in [-0.15, -0.1) is 11.3 Å². The van der Waals surface area contributed by atoms with E-state index in [-0.39, 0.29) is 11.8 Å². The number of amides is 2. The molecule has 4 aromatic rings. The highest BCUT2D eigenvalue weighted by molar-refractivity contribution is 7.15. The summed E-state index contributed by atoms with van der Waals surface area (Å²) in [4.78, 5) is 36.8. The summed E-state index contributed by atoms with van der Waals surface area (Å²) < 4.78 is 5.42. The van der Waals surface area contributed by atoms with Crippen LogP contribution in [-0.4, -0.2) is 57.9 Å². The molecule has 1 saturated heterocycles. The molecule has 168 valence electrons. The third-order valence-corrected chi connectivity index (χ3v) is 7.02. The van der Waals surface area contributed by atoms with Crippen LogP contribution in [0.5, 0.6) is 0 Å². The van der Waals surface area contributed by atoms with Crippen molar-refractivity contribution in [2.24, 2.45) is 0 Å². The predicted octanol–water partition coefficient (Wildman–Crippen LogP) is 4.47. The zero-order valence-corrected chi connectivity index (χ0v) is 19.6. The van der Waals surface area contributed by atoms with Gasteiger partial charge < -0.3 is 14.3 Å². The van der Waals surface area contributed by atoms with Crippen molar-refractivity contribution in [3.05, 3.63) is 69.7 Å². The largest absolute Gasteiger partial charge is 0.335 e. The first-order chi connectivity index (χ1) is 15.9. The highest BCUT2D eigenvalue weighted by Gasteiger charge is 2.28. The van der Waals surface area contributed by atoms with Crippen LogP contribution in [0, 0.1) is 20.8 Å². The number of benzene rings is 1. The number of fused-ring (bicyclic) bond motifs is 1. The molecule has 1 aliphatic rings. The van der Waals surface area contributed by atoms with E-state index in [1.54, 1.807) is 21.1 Å². The summed E-state index contributed by atoms with van der Waals surface area (Å²) in [7, 11) is 0. The van der Waals surface area contributed by atoms with Crippen molar-refractivity contribution in [1.82, 2.24) is 19.9 Å². The number of rotatable bonds is 3. The van der Waals surface area contributed by atoms with E-state index in [0.717, 1.165) is 10.4 Å². The Morgan fingerprint density at radius 1 is 0.909 bits per heavy atom. The van der Waals surface area contributed by atoms with Crippen LogP contribution in [0.3, 0.4) is 0 Å². The molecule has 0 bridgehead atoms. The van der Waals surface area contributed by atoms with Crippen molar-refractivity contribution in [3.8, 4) is 10.6 Å². The molecule has 8 heteroatoms. The minimum Gasteiger partial charge on any atom is -0.335 e. The predicted molar refractivity (Wildman–Crippen MR) is 128 cm³/mol. The number of piperazine rings is 1. The van der Waals surface area contributed by atoms with Gasteiger partial charge in [-0.05, 0) is 51.1 Å². The Labute approximate surface area is 195 Å². The SMILES string of the molecule is Cc1ccc(C(=O)N2CCN(C(=O)c3cc(-c4ccc(C)s4)nc4onc(C)c34)CC2)cc1. The number of pyridine rings is 1. The van der Waals surface area contributed by atoms with Gasteiger partial charge in [-0.2, -0.15) is 0 Å². The summed E-state index contributed by atoms with van der Waals surface area (Å²) in [5, 5.41) is 4.69. The molecule has 1 aliphatic heterocycles. The summed E-state index contributed by atoms with van der Waals surface area (Å²) in [5.74, 6) is -0.0932. The van der Waals surface area contributed by atoms with Gasteiger partial charge in [0.25, 0.3) is 17.5 Å². The van der Waals surface area contributed by atoms with E-state index in [0.29, 0.717) is 59.8 Å². The third kappa shape index (κ3) is 4.02. The Morgan fingerprint density at radius 2 is 1.58 bits per heavy atom. The summed E-state index contributed by atoms with van der Waals surface area (Å²) in [6, 6.07) is 13.5. The van der Waals surface area contributed by atoms with Gasteiger partial charge >= 0.3 is 0 Å². The van der Waals surface area contributed by atoms with Crippen molar-refractivity contribution in [3.63, 3.8) is 0 Å². The molecule has 0 aliphatic carbocycles. The average Bonchev–Trinajstić information content (AvgIpc) is 3.44. The standard InChI is InChI=1S/C25H24N4O3S/c1-15-4-7-18(8-5-15)24(30)28-10-12-29(13-11-28)25(31)19-14-20(21-9-6-16(2)33-21)26-23-22(19)17(3)27-32-23/h4-9,14H,10-13H2,1-3H3. The molecule has 1 fully saturated rings. The van der Waals surface area contributed by atoms with Gasteiger partial charge in [0, 0.05) is 36.6 Å². The molecule has 1 aromatic carbocycles. The van der Waals surface area contributed by atoms with E-state index < -0.39 is 0 Å². The molecule has 0 N–H and O–H groups in total. The summed E-state index contributed by atoms with van der Waals surface area (Å²) in [5.41, 5.74) is 4.04. The smallest absolute Gasteiger partial charge is 0.259 e. The number of thiophene rings is 1. The van der Waals surface area contributed by atoms with E-state index in [1.165, 1.54) is 4.88 Å². The van der Waals surface area contributed by atoms with Crippen LogP contribution < -0.4 is 0 Å². The molecule has 0 unspecified atom stereocenters. The van der Waals surface area contributed by atoms with Crippen molar-refractivity contribution >= 4 is 34.3 Å². The zero-order valence-electron chi connectivity index (χ0n) is 18.8. The van der Waals surface area contributed by atoms with Crippen LogP contribution in [0.4, 0.5) is 0 Å². The summed E-state index contributed by atoms with van der Waals surface area (Å²) in [6.45, 7) is 7.78. The number of carbonyl (C=O) groups is 2. The Hall–Kier alpha value is -3.52. The molecular formula is C25H24N4O3S. The van der Waals surface area contributed by atoms with Crippen LogP contribution in [0.1, 0.15) is 36.9 Å². The Balaban J connectivity index is 1.38. The first kappa shape index (κ1) is 21.3. The second-order valence-electron chi connectivity index (χ2n) is 8.36. The Bertz CT molecular complexity index is 1350. The molecule has 0 saturated carbocycles. The first-order valence-corrected chi connectivity index (χ1v) is 11.7. The molecule has 0 spiro atoms. The maximum atomic E-state index is 13.6. The van der Waals surface area contributed by atoms with Gasteiger partial charge in [-0.3, -0.25) is 9.59 Å². The molecule has 3 aromatic heterocycles. The van der Waals surface area contributed by atoms with Crippen molar-refractivity contribution < 1.29 is 14.1 Å². The first-order valence-electron chi connectivity index (χ1n) is 10.9. The van der Waals surface area contributed by atoms with Gasteiger partial charge in [-0.1, -0.05) is 22.9 Å². The summed E-state index contributed by atoms with van der Waals surface area (Å²) >= 11 is 1.62. The van der Waals surface area contributed by atoms with E-state index in [4.69, 9.17) is 4.52 Å². The molecule has 7 nitrogen and oxygen atoms in total. The topological polar surface area (TPSA) is 79.5 Å². The van der Waals surface area contributed by atoms with Crippen molar-refractivity contribution in [1.29, 1.82) is 0 Å². The van der Waals surface area contributed by atoms with Crippen molar-refractivity contribution in [2.75, 3.05) is 26.2 Å². The molecule has 0 atom stereocenters. The lowest BCUT2D eigenvalue weighted by molar-refractivity contribution is 0.0536. The van der Waals surface area contributed by atoms with Crippen LogP contribution in [0.2, 0.25) is 0 Å². The van der Waals surface area contributed by atoms with Crippen LogP contribution >= 0.6 is 11.3 Å². The Kier molecular flexibility index (Phi) is 5.46. The van der Waals surface area contributed by atoms with Gasteiger partial charge in [0.05, 0.1) is 27.2 Å². The minimum absolute atomic E-state index is 0.00127. The lowest BCUT2D eigenvalue weighted by atomic mass is 10.1.